The van der Waals surface area contributed by atoms with Gasteiger partial charge in [-0.3, -0.25) is 9.59 Å². The summed E-state index contributed by atoms with van der Waals surface area (Å²) in [6, 6.07) is 0. The minimum absolute atomic E-state index is 0.0843. The van der Waals surface area contributed by atoms with Crippen molar-refractivity contribution in [3.05, 3.63) is 45.8 Å². The van der Waals surface area contributed by atoms with E-state index in [1.807, 2.05) is 0 Å². The lowest BCUT2D eigenvalue weighted by molar-refractivity contribution is -0.141. The quantitative estimate of drug-likeness (QED) is 0.572. The van der Waals surface area contributed by atoms with Crippen molar-refractivity contribution in [1.29, 1.82) is 0 Å². The first-order valence-electron chi connectivity index (χ1n) is 4.32. The molecular formula is C9H9F3N2O2. The van der Waals surface area contributed by atoms with Crippen LogP contribution in [0.4, 0.5) is 13.2 Å². The maximum Gasteiger partial charge on any atom is 0.406 e. The molecule has 0 aliphatic rings. The van der Waals surface area contributed by atoms with Gasteiger partial charge in [-0.1, -0.05) is 6.08 Å². The summed E-state index contributed by atoms with van der Waals surface area (Å²) in [6.45, 7) is 1.98. The van der Waals surface area contributed by atoms with Gasteiger partial charge in [-0.2, -0.15) is 13.2 Å². The molecule has 0 fully saturated rings. The first-order chi connectivity index (χ1) is 7.35. The van der Waals surface area contributed by atoms with Gasteiger partial charge in [0.05, 0.1) is 0 Å². The molecule has 1 aromatic rings. The second-order valence-electron chi connectivity index (χ2n) is 3.09. The number of allylic oxidation sites excluding steroid dienone is 1. The van der Waals surface area contributed by atoms with Crippen LogP contribution in [0.25, 0.3) is 0 Å². The van der Waals surface area contributed by atoms with Crippen molar-refractivity contribution in [2.75, 3.05) is 0 Å². The van der Waals surface area contributed by atoms with Crippen LogP contribution in [0.3, 0.4) is 0 Å². The Hall–Kier alpha value is -1.79. The zero-order valence-electron chi connectivity index (χ0n) is 8.20. The van der Waals surface area contributed by atoms with Crippen molar-refractivity contribution < 1.29 is 13.2 Å². The van der Waals surface area contributed by atoms with Crippen LogP contribution in [-0.2, 0) is 13.1 Å². The van der Waals surface area contributed by atoms with Crippen LogP contribution in [-0.4, -0.2) is 15.3 Å². The highest BCUT2D eigenvalue weighted by molar-refractivity contribution is 4.88. The van der Waals surface area contributed by atoms with Crippen LogP contribution in [0, 0.1) is 0 Å². The molecule has 1 heterocycles. The van der Waals surface area contributed by atoms with Crippen LogP contribution in [0.2, 0.25) is 0 Å². The zero-order chi connectivity index (χ0) is 12.3. The van der Waals surface area contributed by atoms with Crippen LogP contribution in [0.1, 0.15) is 0 Å². The molecular weight excluding hydrogens is 225 g/mol. The third kappa shape index (κ3) is 2.85. The molecule has 0 saturated carbocycles. The molecule has 4 nitrogen and oxygen atoms in total. The number of hydrogen-bond acceptors (Lipinski definition) is 2. The van der Waals surface area contributed by atoms with E-state index in [0.717, 1.165) is 17.0 Å². The predicted molar refractivity (Wildman–Crippen MR) is 51.2 cm³/mol. The summed E-state index contributed by atoms with van der Waals surface area (Å²) in [5, 5.41) is 0. The van der Waals surface area contributed by atoms with Gasteiger partial charge >= 0.3 is 17.3 Å². The first kappa shape index (κ1) is 12.3. The molecule has 0 bridgehead atoms. The Kier molecular flexibility index (Phi) is 3.36. The van der Waals surface area contributed by atoms with Crippen LogP contribution < -0.4 is 11.1 Å². The highest BCUT2D eigenvalue weighted by Crippen LogP contribution is 2.15. The Labute approximate surface area is 88.2 Å². The average molecular weight is 234 g/mol. The summed E-state index contributed by atoms with van der Waals surface area (Å²) in [4.78, 5) is 22.5. The predicted octanol–water partition coefficient (Wildman–Crippen LogP) is 0.758. The van der Waals surface area contributed by atoms with E-state index in [2.05, 4.69) is 6.58 Å². The van der Waals surface area contributed by atoms with E-state index in [9.17, 15) is 22.8 Å². The van der Waals surface area contributed by atoms with E-state index in [1.165, 1.54) is 6.08 Å². The van der Waals surface area contributed by atoms with Crippen molar-refractivity contribution in [3.63, 3.8) is 0 Å². The van der Waals surface area contributed by atoms with Crippen molar-refractivity contribution in [1.82, 2.24) is 9.13 Å². The fourth-order valence-electron chi connectivity index (χ4n) is 1.14. The van der Waals surface area contributed by atoms with Gasteiger partial charge in [0.2, 0.25) is 0 Å². The third-order valence-electron chi connectivity index (χ3n) is 1.81. The normalized spacial score (nSPS) is 11.4. The summed E-state index contributed by atoms with van der Waals surface area (Å²) in [6.07, 6.45) is -1.10. The number of aromatic nitrogens is 2. The number of halogens is 3. The van der Waals surface area contributed by atoms with Gasteiger partial charge in [-0.05, 0) is 0 Å². The second-order valence-corrected chi connectivity index (χ2v) is 3.09. The highest BCUT2D eigenvalue weighted by Gasteiger charge is 2.28. The summed E-state index contributed by atoms with van der Waals surface area (Å²) in [5.74, 6) is 0. The molecule has 0 aromatic carbocycles. The Morgan fingerprint density at radius 1 is 1.19 bits per heavy atom. The molecule has 88 valence electrons. The summed E-state index contributed by atoms with van der Waals surface area (Å²) in [7, 11) is 0. The number of rotatable bonds is 3. The fourth-order valence-corrected chi connectivity index (χ4v) is 1.14. The van der Waals surface area contributed by atoms with Crippen LogP contribution >= 0.6 is 0 Å². The molecule has 0 atom stereocenters. The third-order valence-corrected chi connectivity index (χ3v) is 1.81. The number of nitrogens with zero attached hydrogens (tertiary/aromatic N) is 2. The number of alkyl halides is 3. The van der Waals surface area contributed by atoms with E-state index in [4.69, 9.17) is 0 Å². The summed E-state index contributed by atoms with van der Waals surface area (Å²) >= 11 is 0. The summed E-state index contributed by atoms with van der Waals surface area (Å²) in [5.41, 5.74) is -2.19. The van der Waals surface area contributed by atoms with Gasteiger partial charge in [-0.25, -0.2) is 0 Å². The largest absolute Gasteiger partial charge is 0.406 e. The van der Waals surface area contributed by atoms with E-state index >= 15 is 0 Å². The molecule has 16 heavy (non-hydrogen) atoms. The smallest absolute Gasteiger partial charge is 0.306 e. The van der Waals surface area contributed by atoms with Gasteiger partial charge < -0.3 is 9.13 Å². The highest BCUT2D eigenvalue weighted by atomic mass is 19.4. The topological polar surface area (TPSA) is 44.0 Å². The van der Waals surface area contributed by atoms with Crippen LogP contribution in [0.5, 0.6) is 0 Å². The minimum atomic E-state index is -4.53. The molecule has 0 N–H and O–H groups in total. The van der Waals surface area contributed by atoms with Gasteiger partial charge in [-0.15, -0.1) is 6.58 Å². The monoisotopic (exact) mass is 234 g/mol. The Bertz CT molecular complexity index is 499. The lowest BCUT2D eigenvalue weighted by atomic mass is 10.5. The lowest BCUT2D eigenvalue weighted by Crippen LogP contribution is -2.42. The maximum absolute atomic E-state index is 12.0. The Balaban J connectivity index is 3.18. The van der Waals surface area contributed by atoms with E-state index in [0.29, 0.717) is 4.57 Å². The molecule has 0 radical (unpaired) electrons. The molecule has 7 heteroatoms. The van der Waals surface area contributed by atoms with Gasteiger partial charge in [0, 0.05) is 18.9 Å². The van der Waals surface area contributed by atoms with E-state index in [1.54, 1.807) is 0 Å². The van der Waals surface area contributed by atoms with Crippen molar-refractivity contribution in [2.24, 2.45) is 0 Å². The van der Waals surface area contributed by atoms with Crippen molar-refractivity contribution >= 4 is 0 Å². The Morgan fingerprint density at radius 3 is 2.19 bits per heavy atom. The van der Waals surface area contributed by atoms with Gasteiger partial charge in [0.25, 0.3) is 0 Å². The molecule has 0 spiro atoms. The minimum Gasteiger partial charge on any atom is -0.306 e. The summed E-state index contributed by atoms with van der Waals surface area (Å²) < 4.78 is 37.4. The Morgan fingerprint density at radius 2 is 1.69 bits per heavy atom. The molecule has 0 amide bonds. The molecule has 0 unspecified atom stereocenters. The second kappa shape index (κ2) is 4.38. The molecule has 0 saturated heterocycles. The van der Waals surface area contributed by atoms with Gasteiger partial charge in [0.1, 0.15) is 6.54 Å². The molecule has 1 rings (SSSR count). The van der Waals surface area contributed by atoms with Crippen molar-refractivity contribution in [2.45, 2.75) is 19.3 Å². The number of hydrogen-bond donors (Lipinski definition) is 0. The van der Waals surface area contributed by atoms with Crippen molar-refractivity contribution in [3.8, 4) is 0 Å². The SMILES string of the molecule is C=CCn1ccn(CC(F)(F)F)c(=O)c1=O. The lowest BCUT2D eigenvalue weighted by Gasteiger charge is -2.09. The van der Waals surface area contributed by atoms with Crippen LogP contribution in [0.15, 0.2) is 34.6 Å². The molecule has 0 aliphatic heterocycles. The fraction of sp³-hybridized carbons (Fsp3) is 0.333. The maximum atomic E-state index is 12.0. The molecule has 1 aromatic heterocycles. The average Bonchev–Trinajstić information content (AvgIpc) is 2.16. The molecule has 0 aliphatic carbocycles. The first-order valence-corrected chi connectivity index (χ1v) is 4.32. The zero-order valence-corrected chi connectivity index (χ0v) is 8.20. The van der Waals surface area contributed by atoms with E-state index in [-0.39, 0.29) is 6.54 Å². The van der Waals surface area contributed by atoms with E-state index < -0.39 is 23.8 Å². The standard InChI is InChI=1S/C9H9F3N2O2/c1-2-3-13-4-5-14(6-9(10,11)12)8(16)7(13)15/h2,4-5H,1,3,6H2. The van der Waals surface area contributed by atoms with Gasteiger partial charge in [0.15, 0.2) is 0 Å².